The van der Waals surface area contributed by atoms with Gasteiger partial charge in [0.15, 0.2) is 5.96 Å². The third-order valence-electron chi connectivity index (χ3n) is 3.41. The molecule has 0 atom stereocenters. The molecule has 0 fully saturated rings. The van der Waals surface area contributed by atoms with E-state index in [0.29, 0.717) is 33.0 Å². The summed E-state index contributed by atoms with van der Waals surface area (Å²) in [4.78, 5) is 4.64. The van der Waals surface area contributed by atoms with Gasteiger partial charge in [-0.25, -0.2) is 4.99 Å². The molecule has 1 aromatic rings. The zero-order valence-electron chi connectivity index (χ0n) is 16.1. The van der Waals surface area contributed by atoms with Crippen molar-refractivity contribution >= 4 is 5.96 Å². The summed E-state index contributed by atoms with van der Waals surface area (Å²) in [6, 6.07) is 6.19. The number of guanidine groups is 1. The summed E-state index contributed by atoms with van der Waals surface area (Å²) in [5.41, 5.74) is 2.23. The highest BCUT2D eigenvalue weighted by molar-refractivity contribution is 5.79. The number of nitrogens with one attached hydrogen (secondary N) is 2. The lowest BCUT2D eigenvalue weighted by Gasteiger charge is -2.13. The maximum atomic E-state index is 5.87. The Morgan fingerprint density at radius 1 is 1.00 bits per heavy atom. The Balaban J connectivity index is 2.66. The van der Waals surface area contributed by atoms with Crippen LogP contribution in [0.5, 0.6) is 5.75 Å². The van der Waals surface area contributed by atoms with Gasteiger partial charge < -0.3 is 24.8 Å². The first-order chi connectivity index (χ1) is 12.2. The van der Waals surface area contributed by atoms with Gasteiger partial charge in [0.05, 0.1) is 19.8 Å². The van der Waals surface area contributed by atoms with Crippen LogP contribution in [0.15, 0.2) is 23.2 Å². The van der Waals surface area contributed by atoms with E-state index in [1.54, 1.807) is 0 Å². The highest BCUT2D eigenvalue weighted by Crippen LogP contribution is 2.21. The molecule has 0 radical (unpaired) electrons. The normalized spacial score (nSPS) is 11.4. The highest BCUT2D eigenvalue weighted by atomic mass is 16.5. The van der Waals surface area contributed by atoms with E-state index in [9.17, 15) is 0 Å². The summed E-state index contributed by atoms with van der Waals surface area (Å²) >= 11 is 0. The molecule has 0 aliphatic rings. The quantitative estimate of drug-likeness (QED) is 0.344. The molecule has 6 heteroatoms. The van der Waals surface area contributed by atoms with Crippen LogP contribution in [0.2, 0.25) is 0 Å². The summed E-state index contributed by atoms with van der Waals surface area (Å²) in [6.45, 7) is 13.4. The van der Waals surface area contributed by atoms with E-state index in [4.69, 9.17) is 14.2 Å². The van der Waals surface area contributed by atoms with E-state index in [1.807, 2.05) is 26.8 Å². The minimum Gasteiger partial charge on any atom is -0.491 e. The zero-order valence-corrected chi connectivity index (χ0v) is 16.1. The van der Waals surface area contributed by atoms with Crippen LogP contribution in [0, 0.1) is 6.92 Å². The van der Waals surface area contributed by atoms with Gasteiger partial charge in [0.25, 0.3) is 0 Å². The van der Waals surface area contributed by atoms with Crippen LogP contribution in [0.3, 0.4) is 0 Å². The van der Waals surface area contributed by atoms with Gasteiger partial charge in [0.1, 0.15) is 12.4 Å². The fourth-order valence-electron chi connectivity index (χ4n) is 2.17. The predicted molar refractivity (Wildman–Crippen MR) is 102 cm³/mol. The number of aryl methyl sites for hydroxylation is 1. The third kappa shape index (κ3) is 9.31. The van der Waals surface area contributed by atoms with E-state index in [2.05, 4.69) is 34.7 Å². The molecule has 0 unspecified atom stereocenters. The summed E-state index contributed by atoms with van der Waals surface area (Å²) in [5, 5.41) is 6.51. The van der Waals surface area contributed by atoms with E-state index in [-0.39, 0.29) is 0 Å². The minimum absolute atomic E-state index is 0.542. The number of ether oxygens (including phenoxy) is 3. The molecule has 142 valence electrons. The van der Waals surface area contributed by atoms with Gasteiger partial charge in [0, 0.05) is 31.9 Å². The van der Waals surface area contributed by atoms with Gasteiger partial charge in [-0.1, -0.05) is 12.1 Å². The van der Waals surface area contributed by atoms with E-state index in [1.165, 1.54) is 5.56 Å². The summed E-state index contributed by atoms with van der Waals surface area (Å²) in [7, 11) is 0. The first-order valence-corrected chi connectivity index (χ1v) is 9.11. The van der Waals surface area contributed by atoms with Crippen LogP contribution >= 0.6 is 0 Å². The Labute approximate surface area is 152 Å². The lowest BCUT2D eigenvalue weighted by molar-refractivity contribution is 0.110. The molecule has 0 amide bonds. The molecule has 0 bridgehead atoms. The molecule has 25 heavy (non-hydrogen) atoms. The van der Waals surface area contributed by atoms with E-state index in [0.717, 1.165) is 37.0 Å². The molecule has 0 saturated carbocycles. The van der Waals surface area contributed by atoms with Gasteiger partial charge in [-0.2, -0.15) is 0 Å². The van der Waals surface area contributed by atoms with E-state index < -0.39 is 0 Å². The number of rotatable bonds is 12. The first kappa shape index (κ1) is 21.3. The van der Waals surface area contributed by atoms with Crippen molar-refractivity contribution in [2.75, 3.05) is 46.1 Å². The van der Waals surface area contributed by atoms with Gasteiger partial charge in [-0.05, 0) is 39.3 Å². The smallest absolute Gasteiger partial charge is 0.191 e. The van der Waals surface area contributed by atoms with Crippen molar-refractivity contribution in [3.63, 3.8) is 0 Å². The lowest BCUT2D eigenvalue weighted by Crippen LogP contribution is -2.39. The first-order valence-electron chi connectivity index (χ1n) is 9.11. The molecule has 6 nitrogen and oxygen atoms in total. The fraction of sp³-hybridized carbons (Fsp3) is 0.632. The second-order valence-corrected chi connectivity index (χ2v) is 5.48. The number of aliphatic imine (C=N–C) groups is 1. The van der Waals surface area contributed by atoms with Gasteiger partial charge in [-0.15, -0.1) is 0 Å². The number of nitrogens with zero attached hydrogens (tertiary/aromatic N) is 1. The average molecular weight is 351 g/mol. The standard InChI is InChI=1S/C19H33N3O3/c1-5-20-19(21-10-11-23-6-2)22-15-17-9-8-16(4)14-18(17)25-13-12-24-7-3/h8-9,14H,5-7,10-13,15H2,1-4H3,(H2,20,21,22). The molecule has 1 rings (SSSR count). The van der Waals surface area contributed by atoms with Crippen molar-refractivity contribution in [1.29, 1.82) is 0 Å². The maximum absolute atomic E-state index is 5.87. The summed E-state index contributed by atoms with van der Waals surface area (Å²) in [5.74, 6) is 1.65. The van der Waals surface area contributed by atoms with Crippen LogP contribution in [0.4, 0.5) is 0 Å². The monoisotopic (exact) mass is 351 g/mol. The van der Waals surface area contributed by atoms with Gasteiger partial charge in [-0.3, -0.25) is 0 Å². The molecular formula is C19H33N3O3. The number of hydrogen-bond donors (Lipinski definition) is 2. The second-order valence-electron chi connectivity index (χ2n) is 5.48. The fourth-order valence-corrected chi connectivity index (χ4v) is 2.17. The summed E-state index contributed by atoms with van der Waals surface area (Å²) < 4.78 is 16.5. The van der Waals surface area contributed by atoms with Crippen LogP contribution in [0.25, 0.3) is 0 Å². The van der Waals surface area contributed by atoms with Crippen LogP contribution < -0.4 is 15.4 Å². The summed E-state index contributed by atoms with van der Waals surface area (Å²) in [6.07, 6.45) is 0. The lowest BCUT2D eigenvalue weighted by atomic mass is 10.1. The average Bonchev–Trinajstić information content (AvgIpc) is 2.61. The Bertz CT molecular complexity index is 507. The maximum Gasteiger partial charge on any atom is 0.191 e. The largest absolute Gasteiger partial charge is 0.491 e. The Morgan fingerprint density at radius 3 is 2.48 bits per heavy atom. The molecule has 0 heterocycles. The second kappa shape index (κ2) is 13.5. The number of hydrogen-bond acceptors (Lipinski definition) is 4. The van der Waals surface area contributed by atoms with Gasteiger partial charge in [0.2, 0.25) is 0 Å². The van der Waals surface area contributed by atoms with Crippen LogP contribution in [-0.2, 0) is 16.0 Å². The Morgan fingerprint density at radius 2 is 1.76 bits per heavy atom. The van der Waals surface area contributed by atoms with Crippen molar-refractivity contribution in [2.45, 2.75) is 34.2 Å². The van der Waals surface area contributed by atoms with Crippen molar-refractivity contribution in [3.8, 4) is 5.75 Å². The molecule has 0 aromatic heterocycles. The van der Waals surface area contributed by atoms with Crippen molar-refractivity contribution in [3.05, 3.63) is 29.3 Å². The molecule has 0 aliphatic carbocycles. The Kier molecular flexibility index (Phi) is 11.5. The molecule has 2 N–H and O–H groups in total. The molecule has 0 saturated heterocycles. The van der Waals surface area contributed by atoms with Crippen LogP contribution in [0.1, 0.15) is 31.9 Å². The van der Waals surface area contributed by atoms with Gasteiger partial charge >= 0.3 is 0 Å². The highest BCUT2D eigenvalue weighted by Gasteiger charge is 2.05. The SMILES string of the molecule is CCNC(=NCc1ccc(C)cc1OCCOCC)NCCOCC. The molecular weight excluding hydrogens is 318 g/mol. The molecule has 1 aromatic carbocycles. The van der Waals surface area contributed by atoms with E-state index >= 15 is 0 Å². The van der Waals surface area contributed by atoms with Crippen molar-refractivity contribution in [2.24, 2.45) is 4.99 Å². The third-order valence-corrected chi connectivity index (χ3v) is 3.41. The minimum atomic E-state index is 0.542. The van der Waals surface area contributed by atoms with Crippen LogP contribution in [-0.4, -0.2) is 52.1 Å². The molecule has 0 aliphatic heterocycles. The molecule has 0 spiro atoms. The topological polar surface area (TPSA) is 64.1 Å². The Hall–Kier alpha value is -1.79. The van der Waals surface area contributed by atoms with Crippen molar-refractivity contribution < 1.29 is 14.2 Å². The predicted octanol–water partition coefficient (Wildman–Crippen LogP) is 2.50. The zero-order chi connectivity index (χ0) is 18.3. The van der Waals surface area contributed by atoms with Crippen molar-refractivity contribution in [1.82, 2.24) is 10.6 Å². The number of benzene rings is 1.